The van der Waals surface area contributed by atoms with E-state index in [-0.39, 0.29) is 18.7 Å². The first-order valence-corrected chi connectivity index (χ1v) is 7.59. The van der Waals surface area contributed by atoms with Crippen LogP contribution in [-0.4, -0.2) is 29.9 Å². The number of nitrogens with one attached hydrogen (secondary N) is 2. The highest BCUT2D eigenvalue weighted by atomic mass is 16.5. The quantitative estimate of drug-likeness (QED) is 0.721. The summed E-state index contributed by atoms with van der Waals surface area (Å²) in [4.78, 5) is 11.8. The molecule has 3 N–H and O–H groups in total. The number of urea groups is 1. The lowest BCUT2D eigenvalue weighted by Crippen LogP contribution is -2.40. The van der Waals surface area contributed by atoms with Crippen molar-refractivity contribution in [3.8, 4) is 5.75 Å². The molecule has 0 bridgehead atoms. The van der Waals surface area contributed by atoms with Gasteiger partial charge in [0.1, 0.15) is 5.75 Å². The number of aliphatic hydroxyl groups is 1. The van der Waals surface area contributed by atoms with E-state index in [1.54, 1.807) is 0 Å². The highest BCUT2D eigenvalue weighted by molar-refractivity contribution is 5.74. The van der Waals surface area contributed by atoms with Gasteiger partial charge in [0.2, 0.25) is 0 Å². The molecule has 1 atom stereocenters. The predicted molar refractivity (Wildman–Crippen MR) is 81.2 cm³/mol. The van der Waals surface area contributed by atoms with E-state index in [9.17, 15) is 4.79 Å². The number of hydrogen-bond acceptors (Lipinski definition) is 3. The molecule has 1 aromatic rings. The monoisotopic (exact) mass is 292 g/mol. The van der Waals surface area contributed by atoms with Crippen molar-refractivity contribution in [1.82, 2.24) is 10.6 Å². The summed E-state index contributed by atoms with van der Waals surface area (Å²) in [6.45, 7) is 2.36. The van der Waals surface area contributed by atoms with Gasteiger partial charge in [-0.1, -0.05) is 18.2 Å². The summed E-state index contributed by atoms with van der Waals surface area (Å²) in [6, 6.07) is 7.52. The minimum atomic E-state index is -0.227. The highest BCUT2D eigenvalue weighted by Gasteiger charge is 2.20. The first-order valence-electron chi connectivity index (χ1n) is 7.59. The smallest absolute Gasteiger partial charge is 0.315 e. The second kappa shape index (κ2) is 7.88. The van der Waals surface area contributed by atoms with E-state index in [4.69, 9.17) is 9.84 Å². The topological polar surface area (TPSA) is 70.6 Å². The SMILES string of the molecule is C[C@H](CCO)NC(=O)NCc1ccccc1OC1CCC1. The maximum atomic E-state index is 11.8. The fourth-order valence-corrected chi connectivity index (χ4v) is 2.15. The van der Waals surface area contributed by atoms with Gasteiger partial charge in [-0.25, -0.2) is 4.79 Å². The third-order valence-corrected chi connectivity index (χ3v) is 3.70. The first-order chi connectivity index (χ1) is 10.2. The van der Waals surface area contributed by atoms with E-state index in [2.05, 4.69) is 10.6 Å². The summed E-state index contributed by atoms with van der Waals surface area (Å²) >= 11 is 0. The van der Waals surface area contributed by atoms with Crippen LogP contribution in [0.15, 0.2) is 24.3 Å². The molecular weight excluding hydrogens is 268 g/mol. The molecule has 1 fully saturated rings. The average Bonchev–Trinajstić information content (AvgIpc) is 2.42. The third kappa shape index (κ3) is 4.93. The van der Waals surface area contributed by atoms with Crippen molar-refractivity contribution in [3.63, 3.8) is 0 Å². The zero-order chi connectivity index (χ0) is 15.1. The number of carbonyl (C=O) groups excluding carboxylic acids is 1. The molecule has 0 spiro atoms. The van der Waals surface area contributed by atoms with Gasteiger partial charge in [0.15, 0.2) is 0 Å². The summed E-state index contributed by atoms with van der Waals surface area (Å²) in [7, 11) is 0. The van der Waals surface area contributed by atoms with Gasteiger partial charge in [0.25, 0.3) is 0 Å². The molecule has 5 heteroatoms. The summed E-state index contributed by atoms with van der Waals surface area (Å²) in [5, 5.41) is 14.4. The molecule has 1 aliphatic rings. The van der Waals surface area contributed by atoms with Gasteiger partial charge in [-0.2, -0.15) is 0 Å². The molecule has 0 aliphatic heterocycles. The largest absolute Gasteiger partial charge is 0.490 e. The Kier molecular flexibility index (Phi) is 5.87. The van der Waals surface area contributed by atoms with E-state index < -0.39 is 0 Å². The van der Waals surface area contributed by atoms with E-state index in [0.29, 0.717) is 19.1 Å². The van der Waals surface area contributed by atoms with Crippen LogP contribution in [0, 0.1) is 0 Å². The summed E-state index contributed by atoms with van der Waals surface area (Å²) in [5.74, 6) is 0.853. The van der Waals surface area contributed by atoms with Gasteiger partial charge in [0.05, 0.1) is 6.10 Å². The zero-order valence-corrected chi connectivity index (χ0v) is 12.5. The summed E-state index contributed by atoms with van der Waals surface area (Å²) < 4.78 is 5.93. The Bertz CT molecular complexity index is 461. The number of rotatable bonds is 7. The molecule has 0 unspecified atom stereocenters. The minimum Gasteiger partial charge on any atom is -0.490 e. The Morgan fingerprint density at radius 2 is 2.19 bits per heavy atom. The van der Waals surface area contributed by atoms with Crippen LogP contribution in [0.4, 0.5) is 4.79 Å². The predicted octanol–water partition coefficient (Wildman–Crippen LogP) is 2.19. The number of ether oxygens (including phenoxy) is 1. The number of amides is 2. The van der Waals surface area contributed by atoms with Gasteiger partial charge in [-0.3, -0.25) is 0 Å². The van der Waals surface area contributed by atoms with Gasteiger partial charge >= 0.3 is 6.03 Å². The number of carbonyl (C=O) groups is 1. The van der Waals surface area contributed by atoms with E-state index in [0.717, 1.165) is 24.2 Å². The van der Waals surface area contributed by atoms with Crippen molar-refractivity contribution in [2.75, 3.05) is 6.61 Å². The van der Waals surface area contributed by atoms with Gasteiger partial charge in [-0.05, 0) is 38.7 Å². The second-order valence-electron chi connectivity index (χ2n) is 5.52. The Hall–Kier alpha value is -1.75. The maximum absolute atomic E-state index is 11.8. The van der Waals surface area contributed by atoms with Crippen LogP contribution < -0.4 is 15.4 Å². The molecule has 1 aliphatic carbocycles. The Morgan fingerprint density at radius 1 is 1.43 bits per heavy atom. The molecule has 0 heterocycles. The van der Waals surface area contributed by atoms with Gasteiger partial charge < -0.3 is 20.5 Å². The average molecular weight is 292 g/mol. The van der Waals surface area contributed by atoms with Crippen molar-refractivity contribution >= 4 is 6.03 Å². The number of benzene rings is 1. The molecule has 0 radical (unpaired) electrons. The van der Waals surface area contributed by atoms with Crippen molar-refractivity contribution in [1.29, 1.82) is 0 Å². The van der Waals surface area contributed by atoms with Crippen molar-refractivity contribution in [3.05, 3.63) is 29.8 Å². The maximum Gasteiger partial charge on any atom is 0.315 e. The molecule has 5 nitrogen and oxygen atoms in total. The van der Waals surface area contributed by atoms with E-state index in [1.807, 2.05) is 31.2 Å². The zero-order valence-electron chi connectivity index (χ0n) is 12.5. The van der Waals surface area contributed by atoms with Crippen LogP contribution in [0.3, 0.4) is 0 Å². The molecular formula is C16H24N2O3. The Morgan fingerprint density at radius 3 is 2.86 bits per heavy atom. The van der Waals surface area contributed by atoms with Crippen LogP contribution in [0.1, 0.15) is 38.2 Å². The lowest BCUT2D eigenvalue weighted by molar-refractivity contribution is 0.119. The normalized spacial score (nSPS) is 15.9. The molecule has 21 heavy (non-hydrogen) atoms. The van der Waals surface area contributed by atoms with Crippen LogP contribution in [0.2, 0.25) is 0 Å². The van der Waals surface area contributed by atoms with E-state index >= 15 is 0 Å². The summed E-state index contributed by atoms with van der Waals surface area (Å²) in [6.07, 6.45) is 4.33. The second-order valence-corrected chi connectivity index (χ2v) is 5.52. The Balaban J connectivity index is 1.83. The fraction of sp³-hybridized carbons (Fsp3) is 0.562. The highest BCUT2D eigenvalue weighted by Crippen LogP contribution is 2.27. The summed E-state index contributed by atoms with van der Waals surface area (Å²) in [5.41, 5.74) is 0.981. The number of para-hydroxylation sites is 1. The number of aliphatic hydroxyl groups excluding tert-OH is 1. The van der Waals surface area contributed by atoms with Gasteiger partial charge in [-0.15, -0.1) is 0 Å². The Labute approximate surface area is 125 Å². The molecule has 2 amide bonds. The van der Waals surface area contributed by atoms with Crippen molar-refractivity contribution in [2.45, 2.75) is 51.3 Å². The van der Waals surface area contributed by atoms with Crippen molar-refractivity contribution < 1.29 is 14.6 Å². The molecule has 0 saturated heterocycles. The molecule has 1 aromatic carbocycles. The molecule has 0 aromatic heterocycles. The van der Waals surface area contributed by atoms with Crippen LogP contribution in [-0.2, 0) is 6.54 Å². The lowest BCUT2D eigenvalue weighted by Gasteiger charge is -2.27. The lowest BCUT2D eigenvalue weighted by atomic mass is 9.96. The molecule has 1 saturated carbocycles. The van der Waals surface area contributed by atoms with E-state index in [1.165, 1.54) is 6.42 Å². The first kappa shape index (κ1) is 15.6. The van der Waals surface area contributed by atoms with Crippen LogP contribution in [0.5, 0.6) is 5.75 Å². The fourth-order valence-electron chi connectivity index (χ4n) is 2.15. The number of hydrogen-bond donors (Lipinski definition) is 3. The van der Waals surface area contributed by atoms with Crippen molar-refractivity contribution in [2.24, 2.45) is 0 Å². The van der Waals surface area contributed by atoms with Crippen LogP contribution >= 0.6 is 0 Å². The minimum absolute atomic E-state index is 0.0449. The molecule has 116 valence electrons. The molecule has 2 rings (SSSR count). The standard InChI is InChI=1S/C16H24N2O3/c1-12(9-10-19)18-16(20)17-11-13-5-2-3-8-15(13)21-14-6-4-7-14/h2-3,5,8,12,14,19H,4,6-7,9-11H2,1H3,(H2,17,18,20)/t12-/m1/s1. The van der Waals surface area contributed by atoms with Crippen LogP contribution in [0.25, 0.3) is 0 Å². The van der Waals surface area contributed by atoms with Gasteiger partial charge in [0, 0.05) is 24.8 Å². The third-order valence-electron chi connectivity index (χ3n) is 3.70.